The monoisotopic (exact) mass is 282 g/mol. The van der Waals surface area contributed by atoms with Crippen LogP contribution in [0.1, 0.15) is 44.1 Å². The zero-order valence-corrected chi connectivity index (χ0v) is 12.2. The van der Waals surface area contributed by atoms with Gasteiger partial charge in [0, 0.05) is 6.04 Å². The molecule has 0 heterocycles. The summed E-state index contributed by atoms with van der Waals surface area (Å²) in [6.45, 7) is 1.89. The maximum absolute atomic E-state index is 12.4. The molecule has 4 nitrogen and oxygen atoms in total. The van der Waals surface area contributed by atoms with Crippen LogP contribution in [-0.4, -0.2) is 14.5 Å². The summed E-state index contributed by atoms with van der Waals surface area (Å²) in [5.74, 6) is 0. The zero-order chi connectivity index (χ0) is 13.9. The molecule has 0 aliphatic heterocycles. The first-order valence-corrected chi connectivity index (χ1v) is 8.36. The van der Waals surface area contributed by atoms with Gasteiger partial charge in [-0.2, -0.15) is 0 Å². The van der Waals surface area contributed by atoms with Gasteiger partial charge in [0.15, 0.2) is 0 Å². The number of rotatable bonds is 3. The summed E-state index contributed by atoms with van der Waals surface area (Å²) in [4.78, 5) is 0.197. The molecule has 2 rings (SSSR count). The summed E-state index contributed by atoms with van der Waals surface area (Å²) in [5, 5.41) is 0. The first kappa shape index (κ1) is 14.3. The van der Waals surface area contributed by atoms with E-state index in [9.17, 15) is 8.42 Å². The molecule has 0 aromatic heterocycles. The van der Waals surface area contributed by atoms with E-state index in [0.717, 1.165) is 31.2 Å². The summed E-state index contributed by atoms with van der Waals surface area (Å²) >= 11 is 0. The lowest BCUT2D eigenvalue weighted by Crippen LogP contribution is -2.34. The molecule has 1 aliphatic rings. The first-order valence-electron chi connectivity index (χ1n) is 6.87. The topological polar surface area (TPSA) is 72.2 Å². The Hall–Kier alpha value is -1.07. The molecule has 3 N–H and O–H groups in total. The molecule has 0 spiro atoms. The number of hydrogen-bond donors (Lipinski definition) is 2. The molecule has 1 aromatic carbocycles. The Kier molecular flexibility index (Phi) is 4.47. The van der Waals surface area contributed by atoms with E-state index in [1.807, 2.05) is 6.92 Å². The van der Waals surface area contributed by atoms with Crippen LogP contribution in [0.2, 0.25) is 0 Å². The lowest BCUT2D eigenvalue weighted by molar-refractivity contribution is 0.510. The molecule has 106 valence electrons. The summed E-state index contributed by atoms with van der Waals surface area (Å²) < 4.78 is 27.5. The second-order valence-corrected chi connectivity index (χ2v) is 7.03. The lowest BCUT2D eigenvalue weighted by atomic mass is 10.1. The van der Waals surface area contributed by atoms with Gasteiger partial charge >= 0.3 is 0 Å². The molecule has 1 aromatic rings. The minimum atomic E-state index is -3.50. The minimum Gasteiger partial charge on any atom is -0.398 e. The number of aryl methyl sites for hydroxylation is 1. The van der Waals surface area contributed by atoms with Gasteiger partial charge in [0.25, 0.3) is 0 Å². The minimum absolute atomic E-state index is 0.0493. The Morgan fingerprint density at radius 2 is 1.79 bits per heavy atom. The number of sulfonamides is 1. The van der Waals surface area contributed by atoms with Crippen molar-refractivity contribution in [3.05, 3.63) is 23.8 Å². The third kappa shape index (κ3) is 3.70. The fraction of sp³-hybridized carbons (Fsp3) is 0.571. The van der Waals surface area contributed by atoms with Crippen molar-refractivity contribution in [2.24, 2.45) is 0 Å². The molecule has 1 aliphatic carbocycles. The molecule has 0 amide bonds. The Balaban J connectivity index is 2.17. The van der Waals surface area contributed by atoms with E-state index in [4.69, 9.17) is 5.73 Å². The third-order valence-electron chi connectivity index (χ3n) is 3.63. The van der Waals surface area contributed by atoms with E-state index >= 15 is 0 Å². The second kappa shape index (κ2) is 5.92. The van der Waals surface area contributed by atoms with Crippen LogP contribution < -0.4 is 10.5 Å². The van der Waals surface area contributed by atoms with Crippen molar-refractivity contribution in [1.82, 2.24) is 4.72 Å². The van der Waals surface area contributed by atoms with Crippen LogP contribution in [0.4, 0.5) is 5.69 Å². The smallest absolute Gasteiger partial charge is 0.242 e. The Morgan fingerprint density at radius 1 is 1.16 bits per heavy atom. The number of nitrogens with two attached hydrogens (primary N) is 1. The van der Waals surface area contributed by atoms with Crippen molar-refractivity contribution >= 4 is 15.7 Å². The molecule has 5 heteroatoms. The highest BCUT2D eigenvalue weighted by molar-refractivity contribution is 7.89. The molecule has 19 heavy (non-hydrogen) atoms. The van der Waals surface area contributed by atoms with E-state index in [-0.39, 0.29) is 10.9 Å². The van der Waals surface area contributed by atoms with Gasteiger partial charge in [0.05, 0.1) is 5.69 Å². The lowest BCUT2D eigenvalue weighted by Gasteiger charge is -2.17. The van der Waals surface area contributed by atoms with Gasteiger partial charge in [-0.15, -0.1) is 0 Å². The molecule has 0 bridgehead atoms. The predicted octanol–water partition coefficient (Wildman–Crippen LogP) is 2.58. The molecule has 1 fully saturated rings. The molecule has 0 saturated heterocycles. The van der Waals surface area contributed by atoms with Gasteiger partial charge in [-0.05, 0) is 37.5 Å². The average molecular weight is 282 g/mol. The highest BCUT2D eigenvalue weighted by Gasteiger charge is 2.22. The molecular weight excluding hydrogens is 260 g/mol. The van der Waals surface area contributed by atoms with Crippen LogP contribution >= 0.6 is 0 Å². The van der Waals surface area contributed by atoms with Gasteiger partial charge in [0.1, 0.15) is 4.90 Å². The molecule has 0 radical (unpaired) electrons. The van der Waals surface area contributed by atoms with Crippen molar-refractivity contribution in [2.75, 3.05) is 5.73 Å². The number of nitrogen functional groups attached to an aromatic ring is 1. The van der Waals surface area contributed by atoms with Crippen LogP contribution in [0.3, 0.4) is 0 Å². The molecule has 0 atom stereocenters. The van der Waals surface area contributed by atoms with Crippen molar-refractivity contribution in [1.29, 1.82) is 0 Å². The largest absolute Gasteiger partial charge is 0.398 e. The average Bonchev–Trinajstić information content (AvgIpc) is 2.56. The van der Waals surface area contributed by atoms with E-state index in [0.29, 0.717) is 5.69 Å². The fourth-order valence-corrected chi connectivity index (χ4v) is 4.01. The van der Waals surface area contributed by atoms with Crippen LogP contribution in [0, 0.1) is 6.92 Å². The SMILES string of the molecule is Cc1ccc(S(=O)(=O)NC2CCCCCC2)c(N)c1. The van der Waals surface area contributed by atoms with E-state index in [2.05, 4.69) is 4.72 Å². The predicted molar refractivity (Wildman–Crippen MR) is 77.4 cm³/mol. The highest BCUT2D eigenvalue weighted by atomic mass is 32.2. The quantitative estimate of drug-likeness (QED) is 0.661. The maximum atomic E-state index is 12.4. The number of benzene rings is 1. The van der Waals surface area contributed by atoms with Gasteiger partial charge in [-0.3, -0.25) is 0 Å². The van der Waals surface area contributed by atoms with Crippen molar-refractivity contribution in [3.63, 3.8) is 0 Å². The van der Waals surface area contributed by atoms with Crippen LogP contribution in [0.15, 0.2) is 23.1 Å². The molecule has 0 unspecified atom stereocenters. The molecule has 1 saturated carbocycles. The van der Waals surface area contributed by atoms with Crippen LogP contribution in [-0.2, 0) is 10.0 Å². The van der Waals surface area contributed by atoms with E-state index in [1.54, 1.807) is 18.2 Å². The summed E-state index contributed by atoms with van der Waals surface area (Å²) in [7, 11) is -3.50. The fourth-order valence-electron chi connectivity index (χ4n) is 2.59. The third-order valence-corrected chi connectivity index (χ3v) is 5.23. The maximum Gasteiger partial charge on any atom is 0.242 e. The Bertz CT molecular complexity index is 532. The standard InChI is InChI=1S/C14H22N2O2S/c1-11-8-9-14(13(15)10-11)19(17,18)16-12-6-4-2-3-5-7-12/h8-10,12,16H,2-7,15H2,1H3. The Labute approximate surface area is 115 Å². The van der Waals surface area contributed by atoms with Crippen LogP contribution in [0.5, 0.6) is 0 Å². The summed E-state index contributed by atoms with van der Waals surface area (Å²) in [6.07, 6.45) is 6.43. The molecular formula is C14H22N2O2S. The normalized spacial score (nSPS) is 18.2. The number of anilines is 1. The first-order chi connectivity index (χ1) is 8.99. The number of hydrogen-bond acceptors (Lipinski definition) is 3. The van der Waals surface area contributed by atoms with Crippen molar-refractivity contribution < 1.29 is 8.42 Å². The van der Waals surface area contributed by atoms with Gasteiger partial charge < -0.3 is 5.73 Å². The second-order valence-electron chi connectivity index (χ2n) is 5.35. The van der Waals surface area contributed by atoms with E-state index in [1.165, 1.54) is 12.8 Å². The highest BCUT2D eigenvalue weighted by Crippen LogP contribution is 2.23. The van der Waals surface area contributed by atoms with E-state index < -0.39 is 10.0 Å². The summed E-state index contributed by atoms with van der Waals surface area (Å²) in [6, 6.07) is 5.11. The van der Waals surface area contributed by atoms with Gasteiger partial charge in [-0.1, -0.05) is 31.7 Å². The zero-order valence-electron chi connectivity index (χ0n) is 11.4. The number of nitrogens with one attached hydrogen (secondary N) is 1. The van der Waals surface area contributed by atoms with Crippen molar-refractivity contribution in [3.8, 4) is 0 Å². The summed E-state index contributed by atoms with van der Waals surface area (Å²) in [5.41, 5.74) is 7.11. The Morgan fingerprint density at radius 3 is 2.37 bits per heavy atom. The van der Waals surface area contributed by atoms with Gasteiger partial charge in [-0.25, -0.2) is 13.1 Å². The van der Waals surface area contributed by atoms with Gasteiger partial charge in [0.2, 0.25) is 10.0 Å². The van der Waals surface area contributed by atoms with Crippen LogP contribution in [0.25, 0.3) is 0 Å². The van der Waals surface area contributed by atoms with Crippen molar-refractivity contribution in [2.45, 2.75) is 56.4 Å².